The number of nitrogens with zero attached hydrogens (tertiary/aromatic N) is 3. The summed E-state index contributed by atoms with van der Waals surface area (Å²) in [7, 11) is 0. The van der Waals surface area contributed by atoms with Gasteiger partial charge in [-0.3, -0.25) is 0 Å². The number of nitrogens with one attached hydrogen (secondary N) is 1. The molecule has 1 aromatic rings. The third-order valence-corrected chi connectivity index (χ3v) is 1.99. The maximum Gasteiger partial charge on any atom is 0.243 e. The molecule has 0 spiro atoms. The Bertz CT molecular complexity index is 322. The predicted octanol–water partition coefficient (Wildman–Crippen LogP) is 1.86. The second-order valence-electron chi connectivity index (χ2n) is 3.38. The van der Waals surface area contributed by atoms with E-state index in [1.54, 1.807) is 0 Å². The second kappa shape index (κ2) is 4.69. The van der Waals surface area contributed by atoms with E-state index in [1.165, 1.54) is 0 Å². The monoisotopic (exact) mass is 192 g/mol. The van der Waals surface area contributed by atoms with Crippen molar-refractivity contribution in [1.29, 1.82) is 0 Å². The first-order chi connectivity index (χ1) is 6.63. The molecule has 0 aliphatic heterocycles. The van der Waals surface area contributed by atoms with Crippen LogP contribution < -0.4 is 5.32 Å². The maximum atomic E-state index is 4.28. The minimum atomic E-state index is 0.288. The molecule has 1 heterocycles. The lowest BCUT2D eigenvalue weighted by Gasteiger charge is -2.11. The van der Waals surface area contributed by atoms with E-state index in [2.05, 4.69) is 34.0 Å². The van der Waals surface area contributed by atoms with Gasteiger partial charge in [-0.2, -0.15) is 5.10 Å². The molecular formula is C10H16N4. The molecule has 0 bridgehead atoms. The zero-order chi connectivity index (χ0) is 10.6. The van der Waals surface area contributed by atoms with Crippen LogP contribution in [0.25, 0.3) is 0 Å². The third-order valence-electron chi connectivity index (χ3n) is 1.99. The van der Waals surface area contributed by atoms with Gasteiger partial charge in [-0.25, -0.2) is 4.98 Å². The third kappa shape index (κ3) is 2.80. The van der Waals surface area contributed by atoms with Gasteiger partial charge >= 0.3 is 0 Å². The van der Waals surface area contributed by atoms with Crippen LogP contribution in [0.1, 0.15) is 24.7 Å². The van der Waals surface area contributed by atoms with Crippen molar-refractivity contribution in [3.63, 3.8) is 0 Å². The smallest absolute Gasteiger partial charge is 0.243 e. The summed E-state index contributed by atoms with van der Waals surface area (Å²) in [5.74, 6) is 0.586. The van der Waals surface area contributed by atoms with Crippen molar-refractivity contribution in [3.8, 4) is 0 Å². The highest BCUT2D eigenvalue weighted by atomic mass is 15.2. The lowest BCUT2D eigenvalue weighted by Crippen LogP contribution is -2.17. The minimum Gasteiger partial charge on any atom is -0.350 e. The van der Waals surface area contributed by atoms with Crippen LogP contribution >= 0.6 is 0 Å². The maximum absolute atomic E-state index is 4.28. The van der Waals surface area contributed by atoms with Crippen LogP contribution in [-0.2, 0) is 0 Å². The fraction of sp³-hybridized carbons (Fsp3) is 0.500. The van der Waals surface area contributed by atoms with E-state index in [-0.39, 0.29) is 6.04 Å². The molecule has 76 valence electrons. The van der Waals surface area contributed by atoms with E-state index in [0.717, 1.165) is 17.8 Å². The molecule has 4 heteroatoms. The van der Waals surface area contributed by atoms with Crippen LogP contribution in [0.15, 0.2) is 12.7 Å². The quantitative estimate of drug-likeness (QED) is 0.740. The van der Waals surface area contributed by atoms with Crippen LogP contribution in [-0.4, -0.2) is 21.2 Å². The topological polar surface area (TPSA) is 50.7 Å². The summed E-state index contributed by atoms with van der Waals surface area (Å²) in [6, 6.07) is 0.288. The van der Waals surface area contributed by atoms with Crippen LogP contribution in [0.2, 0.25) is 0 Å². The van der Waals surface area contributed by atoms with Crippen molar-refractivity contribution in [1.82, 2.24) is 15.2 Å². The summed E-state index contributed by atoms with van der Waals surface area (Å²) in [5.41, 5.74) is 1.78. The van der Waals surface area contributed by atoms with Crippen molar-refractivity contribution in [2.75, 3.05) is 5.32 Å². The number of hydrogen-bond acceptors (Lipinski definition) is 4. The van der Waals surface area contributed by atoms with Crippen LogP contribution in [0.5, 0.6) is 0 Å². The molecule has 0 fully saturated rings. The molecule has 0 aliphatic rings. The van der Waals surface area contributed by atoms with Crippen molar-refractivity contribution in [2.24, 2.45) is 0 Å². The molecule has 4 nitrogen and oxygen atoms in total. The Labute approximate surface area is 84.5 Å². The summed E-state index contributed by atoms with van der Waals surface area (Å²) in [6.45, 7) is 9.55. The first-order valence-electron chi connectivity index (χ1n) is 4.69. The number of hydrogen-bond donors (Lipinski definition) is 1. The lowest BCUT2D eigenvalue weighted by molar-refractivity contribution is 0.779. The van der Waals surface area contributed by atoms with Gasteiger partial charge in [-0.15, -0.1) is 11.7 Å². The molecule has 0 amide bonds. The number of aromatic nitrogens is 3. The first kappa shape index (κ1) is 10.6. The Hall–Kier alpha value is -1.45. The Morgan fingerprint density at radius 3 is 2.64 bits per heavy atom. The molecule has 1 unspecified atom stereocenters. The van der Waals surface area contributed by atoms with Gasteiger partial charge in [0, 0.05) is 6.04 Å². The standard InChI is InChI=1S/C10H16N4/c1-5-6-7(2)11-10-12-8(3)9(4)13-14-10/h5,7H,1,6H2,2-4H3,(H,11,12,14). The van der Waals surface area contributed by atoms with Gasteiger partial charge in [0.25, 0.3) is 0 Å². The fourth-order valence-electron chi connectivity index (χ4n) is 1.05. The van der Waals surface area contributed by atoms with Gasteiger partial charge in [0.2, 0.25) is 5.95 Å². The normalized spacial score (nSPS) is 12.2. The molecular weight excluding hydrogens is 176 g/mol. The Morgan fingerprint density at radius 1 is 1.36 bits per heavy atom. The number of aryl methyl sites for hydroxylation is 2. The average Bonchev–Trinajstić information content (AvgIpc) is 2.12. The molecule has 0 aliphatic carbocycles. The Morgan fingerprint density at radius 2 is 2.07 bits per heavy atom. The van der Waals surface area contributed by atoms with Crippen LogP contribution in [0.3, 0.4) is 0 Å². The van der Waals surface area contributed by atoms with Gasteiger partial charge in [0.1, 0.15) is 0 Å². The number of anilines is 1. The summed E-state index contributed by atoms with van der Waals surface area (Å²) in [6.07, 6.45) is 2.75. The fourth-order valence-corrected chi connectivity index (χ4v) is 1.05. The summed E-state index contributed by atoms with van der Waals surface area (Å²) in [5, 5.41) is 11.1. The molecule has 0 radical (unpaired) electrons. The highest BCUT2D eigenvalue weighted by Crippen LogP contribution is 2.04. The molecule has 1 aromatic heterocycles. The van der Waals surface area contributed by atoms with Crippen LogP contribution in [0, 0.1) is 13.8 Å². The molecule has 14 heavy (non-hydrogen) atoms. The van der Waals surface area contributed by atoms with Crippen molar-refractivity contribution >= 4 is 5.95 Å². The molecule has 0 saturated heterocycles. The summed E-state index contributed by atoms with van der Waals surface area (Å²) >= 11 is 0. The molecule has 0 aromatic carbocycles. The molecule has 1 N–H and O–H groups in total. The van der Waals surface area contributed by atoms with Crippen molar-refractivity contribution < 1.29 is 0 Å². The zero-order valence-corrected chi connectivity index (χ0v) is 8.91. The van der Waals surface area contributed by atoms with Crippen LogP contribution in [0.4, 0.5) is 5.95 Å². The molecule has 1 rings (SSSR count). The van der Waals surface area contributed by atoms with Gasteiger partial charge in [0.15, 0.2) is 0 Å². The first-order valence-corrected chi connectivity index (χ1v) is 4.69. The minimum absolute atomic E-state index is 0.288. The summed E-state index contributed by atoms with van der Waals surface area (Å²) < 4.78 is 0. The van der Waals surface area contributed by atoms with Gasteiger partial charge < -0.3 is 5.32 Å². The largest absolute Gasteiger partial charge is 0.350 e. The molecule has 0 saturated carbocycles. The van der Waals surface area contributed by atoms with E-state index >= 15 is 0 Å². The zero-order valence-electron chi connectivity index (χ0n) is 8.91. The van der Waals surface area contributed by atoms with E-state index in [4.69, 9.17) is 0 Å². The average molecular weight is 192 g/mol. The lowest BCUT2D eigenvalue weighted by atomic mass is 10.2. The highest BCUT2D eigenvalue weighted by molar-refractivity contribution is 5.26. The summed E-state index contributed by atoms with van der Waals surface area (Å²) in [4.78, 5) is 4.28. The molecule has 1 atom stereocenters. The van der Waals surface area contributed by atoms with Gasteiger partial charge in [-0.05, 0) is 27.2 Å². The predicted molar refractivity (Wildman–Crippen MR) is 57.2 cm³/mol. The van der Waals surface area contributed by atoms with Crippen molar-refractivity contribution in [2.45, 2.75) is 33.2 Å². The SMILES string of the molecule is C=CCC(C)Nc1nnc(C)c(C)n1. The Balaban J connectivity index is 2.67. The second-order valence-corrected chi connectivity index (χ2v) is 3.38. The van der Waals surface area contributed by atoms with E-state index in [0.29, 0.717) is 5.95 Å². The van der Waals surface area contributed by atoms with E-state index in [9.17, 15) is 0 Å². The van der Waals surface area contributed by atoms with Gasteiger partial charge in [-0.1, -0.05) is 6.08 Å². The highest BCUT2D eigenvalue weighted by Gasteiger charge is 2.04. The van der Waals surface area contributed by atoms with E-state index < -0.39 is 0 Å². The van der Waals surface area contributed by atoms with Gasteiger partial charge in [0.05, 0.1) is 11.4 Å². The van der Waals surface area contributed by atoms with Crippen molar-refractivity contribution in [3.05, 3.63) is 24.0 Å². The Kier molecular flexibility index (Phi) is 3.56. The van der Waals surface area contributed by atoms with E-state index in [1.807, 2.05) is 19.9 Å². The number of rotatable bonds is 4.